The fraction of sp³-hybridized carbons (Fsp3) is 0.364. The number of hydrogen-bond acceptors (Lipinski definition) is 0. The molecule has 0 nitrogen and oxygen atoms in total. The van der Waals surface area contributed by atoms with Crippen molar-refractivity contribution in [2.75, 3.05) is 0 Å². The molecule has 0 heterocycles. The van der Waals surface area contributed by atoms with Crippen molar-refractivity contribution in [2.45, 2.75) is 52.4 Å². The molecular formula is C22H28. The molecule has 0 saturated carbocycles. The van der Waals surface area contributed by atoms with Gasteiger partial charge in [-0.15, -0.1) is 0 Å². The maximum Gasteiger partial charge on any atom is -0.0184 e. The number of aryl methyl sites for hydroxylation is 2. The molecule has 22 heavy (non-hydrogen) atoms. The van der Waals surface area contributed by atoms with Gasteiger partial charge >= 0.3 is 0 Å². The van der Waals surface area contributed by atoms with Gasteiger partial charge in [-0.05, 0) is 54.9 Å². The zero-order valence-electron chi connectivity index (χ0n) is 14.0. The van der Waals surface area contributed by atoms with Crippen molar-refractivity contribution in [3.63, 3.8) is 0 Å². The number of rotatable bonds is 8. The molecule has 0 aliphatic rings. The molecule has 0 heteroatoms. The SMILES string of the molecule is CC=CCCc1ccc(-c2ccc(CCCCC)cc2)cc1. The molecular weight excluding hydrogens is 264 g/mol. The molecule has 0 N–H and O–H groups in total. The minimum atomic E-state index is 1.13. The van der Waals surface area contributed by atoms with Gasteiger partial charge in [0, 0.05) is 0 Å². The fourth-order valence-corrected chi connectivity index (χ4v) is 2.72. The molecule has 0 atom stereocenters. The van der Waals surface area contributed by atoms with E-state index >= 15 is 0 Å². The molecule has 0 aliphatic heterocycles. The van der Waals surface area contributed by atoms with E-state index in [4.69, 9.17) is 0 Å². The first-order valence-electron chi connectivity index (χ1n) is 8.63. The van der Waals surface area contributed by atoms with Gasteiger partial charge in [0.2, 0.25) is 0 Å². The van der Waals surface area contributed by atoms with Crippen LogP contribution in [-0.2, 0) is 12.8 Å². The van der Waals surface area contributed by atoms with Crippen LogP contribution in [0.4, 0.5) is 0 Å². The van der Waals surface area contributed by atoms with Crippen LogP contribution in [0.15, 0.2) is 60.7 Å². The lowest BCUT2D eigenvalue weighted by atomic mass is 9.99. The summed E-state index contributed by atoms with van der Waals surface area (Å²) in [5, 5.41) is 0. The summed E-state index contributed by atoms with van der Waals surface area (Å²) < 4.78 is 0. The van der Waals surface area contributed by atoms with Crippen LogP contribution < -0.4 is 0 Å². The lowest BCUT2D eigenvalue weighted by Crippen LogP contribution is -1.87. The highest BCUT2D eigenvalue weighted by atomic mass is 14.0. The van der Waals surface area contributed by atoms with Crippen LogP contribution >= 0.6 is 0 Å². The second kappa shape index (κ2) is 9.25. The smallest absolute Gasteiger partial charge is 0.0184 e. The quantitative estimate of drug-likeness (QED) is 0.380. The number of unbranched alkanes of at least 4 members (excludes halogenated alkanes) is 2. The normalized spacial score (nSPS) is 11.2. The summed E-state index contributed by atoms with van der Waals surface area (Å²) in [6.07, 6.45) is 11.7. The van der Waals surface area contributed by atoms with Crippen LogP contribution in [0.2, 0.25) is 0 Å². The summed E-state index contributed by atoms with van der Waals surface area (Å²) in [7, 11) is 0. The van der Waals surface area contributed by atoms with Crippen LogP contribution in [0.3, 0.4) is 0 Å². The van der Waals surface area contributed by atoms with E-state index < -0.39 is 0 Å². The molecule has 0 aliphatic carbocycles. The Kier molecular flexibility index (Phi) is 6.96. The van der Waals surface area contributed by atoms with E-state index in [1.54, 1.807) is 0 Å². The van der Waals surface area contributed by atoms with Crippen LogP contribution in [0, 0.1) is 0 Å². The molecule has 2 aromatic rings. The average molecular weight is 292 g/mol. The van der Waals surface area contributed by atoms with Crippen molar-refractivity contribution in [1.82, 2.24) is 0 Å². The monoisotopic (exact) mass is 292 g/mol. The summed E-state index contributed by atoms with van der Waals surface area (Å²) >= 11 is 0. The third-order valence-corrected chi connectivity index (χ3v) is 4.15. The van der Waals surface area contributed by atoms with E-state index in [1.807, 2.05) is 0 Å². The van der Waals surface area contributed by atoms with Gasteiger partial charge in [0.1, 0.15) is 0 Å². The van der Waals surface area contributed by atoms with Gasteiger partial charge in [-0.1, -0.05) is 80.4 Å². The zero-order valence-corrected chi connectivity index (χ0v) is 14.0. The highest BCUT2D eigenvalue weighted by Gasteiger charge is 1.99. The lowest BCUT2D eigenvalue weighted by molar-refractivity contribution is 0.717. The summed E-state index contributed by atoms with van der Waals surface area (Å²) in [5.41, 5.74) is 5.51. The van der Waals surface area contributed by atoms with Gasteiger partial charge in [0.05, 0.1) is 0 Å². The highest BCUT2D eigenvalue weighted by molar-refractivity contribution is 5.63. The van der Waals surface area contributed by atoms with E-state index in [0.29, 0.717) is 0 Å². The summed E-state index contributed by atoms with van der Waals surface area (Å²) in [5.74, 6) is 0. The second-order valence-electron chi connectivity index (χ2n) is 5.96. The van der Waals surface area contributed by atoms with Crippen molar-refractivity contribution >= 4 is 0 Å². The molecule has 0 saturated heterocycles. The Morgan fingerprint density at radius 3 is 1.77 bits per heavy atom. The minimum Gasteiger partial charge on any atom is -0.0917 e. The number of allylic oxidation sites excluding steroid dienone is 2. The summed E-state index contributed by atoms with van der Waals surface area (Å²) in [6, 6.07) is 18.1. The van der Waals surface area contributed by atoms with E-state index in [2.05, 4.69) is 74.5 Å². The molecule has 2 aromatic carbocycles. The van der Waals surface area contributed by atoms with Gasteiger partial charge in [-0.3, -0.25) is 0 Å². The predicted molar refractivity (Wildman–Crippen MR) is 98.2 cm³/mol. The third-order valence-electron chi connectivity index (χ3n) is 4.15. The molecule has 0 spiro atoms. The standard InChI is InChI=1S/C22H28/c1-3-5-7-9-19-11-15-21(16-12-19)22-17-13-20(14-18-22)10-8-6-4-2/h3,5,11-18H,4,6-10H2,1-2H3. The van der Waals surface area contributed by atoms with E-state index in [-0.39, 0.29) is 0 Å². The van der Waals surface area contributed by atoms with Gasteiger partial charge < -0.3 is 0 Å². The van der Waals surface area contributed by atoms with Crippen LogP contribution in [0.5, 0.6) is 0 Å². The van der Waals surface area contributed by atoms with Gasteiger partial charge in [-0.25, -0.2) is 0 Å². The first-order valence-corrected chi connectivity index (χ1v) is 8.63. The van der Waals surface area contributed by atoms with Crippen LogP contribution in [0.1, 0.15) is 50.7 Å². The van der Waals surface area contributed by atoms with Gasteiger partial charge in [0.15, 0.2) is 0 Å². The fourth-order valence-electron chi connectivity index (χ4n) is 2.72. The van der Waals surface area contributed by atoms with Crippen molar-refractivity contribution < 1.29 is 0 Å². The Hall–Kier alpha value is -1.82. The maximum atomic E-state index is 2.28. The predicted octanol–water partition coefficient (Wildman–Crippen LogP) is 6.60. The van der Waals surface area contributed by atoms with Crippen molar-refractivity contribution in [1.29, 1.82) is 0 Å². The summed E-state index contributed by atoms with van der Waals surface area (Å²) in [4.78, 5) is 0. The first-order chi connectivity index (χ1) is 10.8. The molecule has 116 valence electrons. The molecule has 0 amide bonds. The van der Waals surface area contributed by atoms with E-state index in [1.165, 1.54) is 47.9 Å². The Balaban J connectivity index is 1.96. The number of benzene rings is 2. The van der Waals surface area contributed by atoms with Gasteiger partial charge in [-0.2, -0.15) is 0 Å². The maximum absolute atomic E-state index is 2.28. The third kappa shape index (κ3) is 5.18. The van der Waals surface area contributed by atoms with Gasteiger partial charge in [0.25, 0.3) is 0 Å². The highest BCUT2D eigenvalue weighted by Crippen LogP contribution is 2.21. The molecule has 0 radical (unpaired) electrons. The molecule has 0 fully saturated rings. The zero-order chi connectivity index (χ0) is 15.6. The topological polar surface area (TPSA) is 0 Å². The lowest BCUT2D eigenvalue weighted by Gasteiger charge is -2.06. The van der Waals surface area contributed by atoms with Crippen LogP contribution in [-0.4, -0.2) is 0 Å². The number of hydrogen-bond donors (Lipinski definition) is 0. The average Bonchev–Trinajstić information content (AvgIpc) is 2.57. The Morgan fingerprint density at radius 1 is 0.727 bits per heavy atom. The van der Waals surface area contributed by atoms with Crippen LogP contribution in [0.25, 0.3) is 11.1 Å². The van der Waals surface area contributed by atoms with Crippen molar-refractivity contribution in [2.24, 2.45) is 0 Å². The summed E-state index contributed by atoms with van der Waals surface area (Å²) in [6.45, 7) is 4.33. The molecule has 0 aromatic heterocycles. The minimum absolute atomic E-state index is 1.13. The largest absolute Gasteiger partial charge is 0.0917 e. The van der Waals surface area contributed by atoms with Crippen molar-refractivity contribution in [3.8, 4) is 11.1 Å². The Labute approximate surface area is 135 Å². The van der Waals surface area contributed by atoms with E-state index in [0.717, 1.165) is 12.8 Å². The Bertz CT molecular complexity index is 558. The molecule has 0 unspecified atom stereocenters. The van der Waals surface area contributed by atoms with E-state index in [9.17, 15) is 0 Å². The first kappa shape index (κ1) is 16.5. The molecule has 0 bridgehead atoms. The molecule has 2 rings (SSSR count). The second-order valence-corrected chi connectivity index (χ2v) is 5.96. The Morgan fingerprint density at radius 2 is 1.27 bits per heavy atom. The van der Waals surface area contributed by atoms with Crippen molar-refractivity contribution in [3.05, 3.63) is 71.8 Å².